The van der Waals surface area contributed by atoms with Crippen molar-refractivity contribution in [1.82, 2.24) is 15.0 Å². The Bertz CT molecular complexity index is 1020. The molecule has 0 N–H and O–H groups in total. The summed E-state index contributed by atoms with van der Waals surface area (Å²) in [7, 11) is -1.37. The zero-order chi connectivity index (χ0) is 21.1. The van der Waals surface area contributed by atoms with Gasteiger partial charge in [0.15, 0.2) is 5.79 Å². The van der Waals surface area contributed by atoms with Gasteiger partial charge in [-0.3, -0.25) is 9.19 Å². The molecule has 1 saturated heterocycles. The number of ether oxygens (including phenoxy) is 3. The minimum absolute atomic E-state index is 0. The van der Waals surface area contributed by atoms with E-state index in [4.69, 9.17) is 14.2 Å². The zero-order valence-electron chi connectivity index (χ0n) is 18.5. The summed E-state index contributed by atoms with van der Waals surface area (Å²) < 4.78 is 30.1. The molecule has 0 aliphatic carbocycles. The van der Waals surface area contributed by atoms with Crippen LogP contribution in [-0.2, 0) is 26.0 Å². The molecule has 160 valence electrons. The molecule has 1 fully saturated rings. The second kappa shape index (κ2) is 10.6. The molecule has 4 rings (SSSR count). The van der Waals surface area contributed by atoms with E-state index in [0.29, 0.717) is 18.4 Å². The van der Waals surface area contributed by atoms with E-state index in [1.165, 1.54) is 0 Å². The summed E-state index contributed by atoms with van der Waals surface area (Å²) >= 11 is 0. The molecule has 0 bridgehead atoms. The van der Waals surface area contributed by atoms with Crippen LogP contribution in [0.25, 0.3) is 11.0 Å². The first-order chi connectivity index (χ1) is 14.4. The van der Waals surface area contributed by atoms with Gasteiger partial charge in [0.25, 0.3) is 0 Å². The first-order valence-electron chi connectivity index (χ1n) is 10.1. The molecular formula is C22H26N3NaO4S. The predicted molar refractivity (Wildman–Crippen MR) is 114 cm³/mol. The largest absolute Gasteiger partial charge is 1.00 e. The fraction of sp³-hybridized carbons (Fsp3) is 0.455. The third-order valence-corrected chi connectivity index (χ3v) is 6.16. The molecule has 0 radical (unpaired) electrons. The van der Waals surface area contributed by atoms with Crippen LogP contribution in [0, 0.1) is 6.92 Å². The standard InChI is InChI=1S/C22H26N3O4S.Na/c1-15-19(14-30(26)21-24-17-8-4-5-9-18(17)25-21)23-11-10-20(15)27-12-6-7-16-13-28-22(2,3)29-16;/h4-5,8-11,16H,6-7,12-14H2,1-3H3;/q-1;+1/t16-,30?;/m0./s1. The number of hydrogen-bond acceptors (Lipinski definition) is 6. The first kappa shape index (κ1) is 24.4. The van der Waals surface area contributed by atoms with Crippen LogP contribution in [0.3, 0.4) is 0 Å². The van der Waals surface area contributed by atoms with E-state index in [-0.39, 0.29) is 41.4 Å². The number of imidazole rings is 1. The Hall–Kier alpha value is -1.29. The van der Waals surface area contributed by atoms with Crippen LogP contribution in [-0.4, -0.2) is 39.3 Å². The van der Waals surface area contributed by atoms with Crippen molar-refractivity contribution in [3.8, 4) is 5.75 Å². The maximum atomic E-state index is 12.8. The summed E-state index contributed by atoms with van der Waals surface area (Å²) in [5.74, 6) is 0.519. The maximum Gasteiger partial charge on any atom is 1.00 e. The van der Waals surface area contributed by atoms with Gasteiger partial charge in [0.1, 0.15) is 5.75 Å². The summed E-state index contributed by atoms with van der Waals surface area (Å²) in [6, 6.07) is 9.36. The smallest absolute Gasteiger partial charge is 0.493 e. The average Bonchev–Trinajstić information content (AvgIpc) is 3.30. The number of benzene rings is 1. The van der Waals surface area contributed by atoms with Crippen LogP contribution in [0.15, 0.2) is 41.7 Å². The molecule has 1 aliphatic heterocycles. The van der Waals surface area contributed by atoms with Gasteiger partial charge in [-0.1, -0.05) is 24.3 Å². The van der Waals surface area contributed by atoms with Gasteiger partial charge in [-0.05, 0) is 50.7 Å². The molecule has 3 heterocycles. The topological polar surface area (TPSA) is 84.6 Å². The molecule has 31 heavy (non-hydrogen) atoms. The molecule has 0 amide bonds. The monoisotopic (exact) mass is 451 g/mol. The number of nitrogens with zero attached hydrogens (tertiary/aromatic N) is 3. The summed E-state index contributed by atoms with van der Waals surface area (Å²) in [6.07, 6.45) is 3.54. The van der Waals surface area contributed by atoms with E-state index in [1.54, 1.807) is 6.20 Å². The van der Waals surface area contributed by atoms with Crippen LogP contribution in [0.2, 0.25) is 0 Å². The van der Waals surface area contributed by atoms with Crippen LogP contribution in [0.1, 0.15) is 37.9 Å². The van der Waals surface area contributed by atoms with E-state index in [2.05, 4.69) is 15.0 Å². The molecule has 0 spiro atoms. The van der Waals surface area contributed by atoms with Gasteiger partial charge in [0.2, 0.25) is 0 Å². The van der Waals surface area contributed by atoms with Crippen molar-refractivity contribution in [2.45, 2.75) is 56.4 Å². The normalized spacial score (nSPS) is 18.6. The molecule has 0 saturated carbocycles. The molecule has 7 nitrogen and oxygen atoms in total. The molecule has 9 heteroatoms. The third kappa shape index (κ3) is 6.15. The van der Waals surface area contributed by atoms with Gasteiger partial charge in [0.05, 0.1) is 41.6 Å². The Balaban J connectivity index is 0.00000272. The second-order valence-electron chi connectivity index (χ2n) is 7.81. The Kier molecular flexibility index (Phi) is 8.29. The fourth-order valence-corrected chi connectivity index (χ4v) is 4.50. The molecule has 1 aromatic carbocycles. The van der Waals surface area contributed by atoms with Crippen LogP contribution < -0.4 is 39.3 Å². The van der Waals surface area contributed by atoms with Crippen molar-refractivity contribution in [3.63, 3.8) is 0 Å². The Morgan fingerprint density at radius 3 is 2.84 bits per heavy atom. The number of para-hydroxylation sites is 2. The zero-order valence-corrected chi connectivity index (χ0v) is 21.3. The van der Waals surface area contributed by atoms with Gasteiger partial charge in [0, 0.05) is 16.9 Å². The van der Waals surface area contributed by atoms with Crippen molar-refractivity contribution >= 4 is 21.8 Å². The van der Waals surface area contributed by atoms with E-state index >= 15 is 0 Å². The number of pyridine rings is 1. The molecule has 2 aromatic heterocycles. The number of hydrogen-bond donors (Lipinski definition) is 0. The Morgan fingerprint density at radius 2 is 2.10 bits per heavy atom. The number of aromatic nitrogens is 3. The molecule has 2 atom stereocenters. The summed E-state index contributed by atoms with van der Waals surface area (Å²) in [6.45, 7) is 6.99. The quantitative estimate of drug-likeness (QED) is 0.365. The first-order valence-corrected chi connectivity index (χ1v) is 11.4. The van der Waals surface area contributed by atoms with E-state index < -0.39 is 16.6 Å². The van der Waals surface area contributed by atoms with Crippen LogP contribution >= 0.6 is 0 Å². The van der Waals surface area contributed by atoms with Crippen molar-refractivity contribution in [2.24, 2.45) is 0 Å². The van der Waals surface area contributed by atoms with E-state index in [1.807, 2.05) is 51.1 Å². The van der Waals surface area contributed by atoms with Gasteiger partial charge in [-0.2, -0.15) is 0 Å². The molecular weight excluding hydrogens is 425 g/mol. The van der Waals surface area contributed by atoms with Crippen LogP contribution in [0.5, 0.6) is 5.75 Å². The number of rotatable bonds is 8. The Labute approximate surface area is 207 Å². The summed E-state index contributed by atoms with van der Waals surface area (Å²) in [5.41, 5.74) is 3.13. The van der Waals surface area contributed by atoms with Gasteiger partial charge in [-0.25, -0.2) is 0 Å². The minimum Gasteiger partial charge on any atom is -0.493 e. The average molecular weight is 452 g/mol. The SMILES string of the molecule is Cc1c(OCCC[C@H]2COC(C)(C)O2)ccnc1CS(=O)c1nc2ccccc2[n-]1.[Na+]. The summed E-state index contributed by atoms with van der Waals surface area (Å²) in [4.78, 5) is 13.2. The van der Waals surface area contributed by atoms with Gasteiger partial charge in [-0.15, -0.1) is 0 Å². The van der Waals surface area contributed by atoms with Crippen molar-refractivity contribution in [3.05, 3.63) is 47.8 Å². The molecule has 1 aliphatic rings. The van der Waals surface area contributed by atoms with E-state index in [0.717, 1.165) is 40.9 Å². The van der Waals surface area contributed by atoms with Crippen molar-refractivity contribution in [2.75, 3.05) is 13.2 Å². The number of fused-ring (bicyclic) bond motifs is 1. The van der Waals surface area contributed by atoms with Gasteiger partial charge < -0.3 is 24.2 Å². The second-order valence-corrected chi connectivity index (χ2v) is 9.15. The fourth-order valence-electron chi connectivity index (χ4n) is 3.43. The molecule has 3 aromatic rings. The minimum atomic E-state index is -1.37. The predicted octanol–water partition coefficient (Wildman–Crippen LogP) is 0.518. The van der Waals surface area contributed by atoms with Crippen molar-refractivity contribution in [1.29, 1.82) is 0 Å². The van der Waals surface area contributed by atoms with Crippen LogP contribution in [0.4, 0.5) is 0 Å². The van der Waals surface area contributed by atoms with Crippen molar-refractivity contribution < 1.29 is 48.0 Å². The third-order valence-electron chi connectivity index (χ3n) is 5.04. The Morgan fingerprint density at radius 1 is 1.29 bits per heavy atom. The summed E-state index contributed by atoms with van der Waals surface area (Å²) in [5, 5.41) is 0.338. The van der Waals surface area contributed by atoms with E-state index in [9.17, 15) is 4.21 Å². The molecule has 1 unspecified atom stereocenters. The van der Waals surface area contributed by atoms with Gasteiger partial charge >= 0.3 is 29.6 Å². The maximum absolute atomic E-state index is 12.8.